The molecule has 0 fully saturated rings. The van der Waals surface area contributed by atoms with Crippen molar-refractivity contribution in [3.8, 4) is 22.9 Å². The van der Waals surface area contributed by atoms with Gasteiger partial charge in [-0.15, -0.1) is 0 Å². The van der Waals surface area contributed by atoms with E-state index >= 15 is 0 Å². The molecule has 0 unspecified atom stereocenters. The molecule has 4 aromatic rings. The molecule has 34 heavy (non-hydrogen) atoms. The Morgan fingerprint density at radius 2 is 1.79 bits per heavy atom. The highest BCUT2D eigenvalue weighted by atomic mass is 35.5. The molecule has 1 aromatic heterocycles. The molecule has 0 radical (unpaired) electrons. The van der Waals surface area contributed by atoms with Gasteiger partial charge in [0.2, 0.25) is 0 Å². The van der Waals surface area contributed by atoms with Gasteiger partial charge in [0.1, 0.15) is 29.7 Å². The summed E-state index contributed by atoms with van der Waals surface area (Å²) in [6.45, 7) is 1.24. The maximum atomic E-state index is 13.4. The summed E-state index contributed by atoms with van der Waals surface area (Å²) in [5.74, 6) is 1.35. The molecule has 0 aliphatic carbocycles. The molecule has 0 saturated carbocycles. The van der Waals surface area contributed by atoms with E-state index in [-0.39, 0.29) is 12.4 Å². The van der Waals surface area contributed by atoms with Crippen molar-refractivity contribution in [1.82, 2.24) is 9.97 Å². The number of nitrogen functional groups attached to an aromatic ring is 2. The van der Waals surface area contributed by atoms with E-state index in [1.165, 1.54) is 12.1 Å². The van der Waals surface area contributed by atoms with Crippen LogP contribution < -0.4 is 20.9 Å². The standard InChI is InChI=1S/C25H24ClFN4O3/c1-32-8-3-9-33-23-13-21-18(12-20(23)28)24(29)31-25(30-21)16-6-7-22(19(26)11-16)34-14-15-4-2-5-17(27)10-15/h2,4-7,10-13H,3,8-9,14,28H2,1H3,(H2,29,30,31). The molecule has 0 amide bonds. The van der Waals surface area contributed by atoms with Gasteiger partial charge in [-0.3, -0.25) is 0 Å². The van der Waals surface area contributed by atoms with E-state index < -0.39 is 0 Å². The molecular formula is C25H24ClFN4O3. The van der Waals surface area contributed by atoms with E-state index in [1.54, 1.807) is 49.6 Å². The molecule has 0 aliphatic heterocycles. The number of nitrogens with two attached hydrogens (primary N) is 2. The summed E-state index contributed by atoms with van der Waals surface area (Å²) in [5.41, 5.74) is 14.7. The lowest BCUT2D eigenvalue weighted by atomic mass is 10.1. The number of hydrogen-bond donors (Lipinski definition) is 2. The van der Waals surface area contributed by atoms with Crippen LogP contribution in [0, 0.1) is 5.82 Å². The Labute approximate surface area is 201 Å². The minimum atomic E-state index is -0.320. The van der Waals surface area contributed by atoms with E-state index in [1.807, 2.05) is 0 Å². The van der Waals surface area contributed by atoms with Crippen molar-refractivity contribution in [3.05, 3.63) is 71.0 Å². The molecule has 0 atom stereocenters. The van der Waals surface area contributed by atoms with Crippen molar-refractivity contribution in [2.45, 2.75) is 13.0 Å². The van der Waals surface area contributed by atoms with Gasteiger partial charge in [-0.2, -0.15) is 0 Å². The van der Waals surface area contributed by atoms with Crippen molar-refractivity contribution in [2.75, 3.05) is 31.8 Å². The number of fused-ring (bicyclic) bond motifs is 1. The molecule has 4 rings (SSSR count). The van der Waals surface area contributed by atoms with Gasteiger partial charge in [-0.25, -0.2) is 14.4 Å². The Hall–Kier alpha value is -3.62. The van der Waals surface area contributed by atoms with Gasteiger partial charge in [0.15, 0.2) is 5.82 Å². The third-order valence-corrected chi connectivity index (χ3v) is 5.38. The van der Waals surface area contributed by atoms with Crippen molar-refractivity contribution in [2.24, 2.45) is 0 Å². The van der Waals surface area contributed by atoms with Crippen molar-refractivity contribution in [3.63, 3.8) is 0 Å². The Morgan fingerprint density at radius 1 is 0.941 bits per heavy atom. The van der Waals surface area contributed by atoms with E-state index in [0.717, 1.165) is 6.42 Å². The maximum absolute atomic E-state index is 13.4. The van der Waals surface area contributed by atoms with Gasteiger partial charge in [0.25, 0.3) is 0 Å². The molecule has 0 aliphatic rings. The lowest BCUT2D eigenvalue weighted by Crippen LogP contribution is -2.04. The zero-order chi connectivity index (χ0) is 24.1. The Kier molecular flexibility index (Phi) is 7.30. The van der Waals surface area contributed by atoms with Crippen LogP contribution in [0.25, 0.3) is 22.3 Å². The van der Waals surface area contributed by atoms with Gasteiger partial charge in [0, 0.05) is 37.2 Å². The van der Waals surface area contributed by atoms with Gasteiger partial charge in [-0.05, 0) is 42.0 Å². The molecule has 7 nitrogen and oxygen atoms in total. The first kappa shape index (κ1) is 23.5. The van der Waals surface area contributed by atoms with Crippen LogP contribution in [0.3, 0.4) is 0 Å². The van der Waals surface area contributed by atoms with Crippen LogP contribution in [0.2, 0.25) is 5.02 Å². The first-order chi connectivity index (χ1) is 16.4. The molecule has 176 valence electrons. The lowest BCUT2D eigenvalue weighted by molar-refractivity contribution is 0.172. The summed E-state index contributed by atoms with van der Waals surface area (Å²) in [6, 6.07) is 14.8. The fourth-order valence-electron chi connectivity index (χ4n) is 3.38. The Balaban J connectivity index is 1.57. The number of anilines is 2. The molecule has 0 bridgehead atoms. The van der Waals surface area contributed by atoms with Crippen LogP contribution in [0.4, 0.5) is 15.9 Å². The van der Waals surface area contributed by atoms with Gasteiger partial charge >= 0.3 is 0 Å². The summed E-state index contributed by atoms with van der Waals surface area (Å²) in [4.78, 5) is 9.05. The fourth-order valence-corrected chi connectivity index (χ4v) is 3.62. The summed E-state index contributed by atoms with van der Waals surface area (Å²) in [7, 11) is 1.64. The zero-order valence-corrected chi connectivity index (χ0v) is 19.3. The minimum absolute atomic E-state index is 0.185. The quantitative estimate of drug-likeness (QED) is 0.248. The van der Waals surface area contributed by atoms with Crippen molar-refractivity contribution < 1.29 is 18.6 Å². The number of aromatic nitrogens is 2. The molecular weight excluding hydrogens is 459 g/mol. The summed E-state index contributed by atoms with van der Waals surface area (Å²) >= 11 is 6.43. The predicted octanol–water partition coefficient (Wildman–Crippen LogP) is 5.25. The fraction of sp³-hybridized carbons (Fsp3) is 0.200. The summed E-state index contributed by atoms with van der Waals surface area (Å²) in [5, 5.41) is 1.00. The smallest absolute Gasteiger partial charge is 0.162 e. The number of benzene rings is 3. The normalized spacial score (nSPS) is 11.0. The average molecular weight is 483 g/mol. The van der Waals surface area contributed by atoms with E-state index in [0.29, 0.717) is 69.1 Å². The number of halogens is 2. The number of hydrogen-bond acceptors (Lipinski definition) is 7. The Bertz CT molecular complexity index is 1320. The van der Waals surface area contributed by atoms with Gasteiger partial charge in [0.05, 0.1) is 22.8 Å². The lowest BCUT2D eigenvalue weighted by Gasteiger charge is -2.12. The zero-order valence-electron chi connectivity index (χ0n) is 18.6. The van der Waals surface area contributed by atoms with Gasteiger partial charge < -0.3 is 25.7 Å². The average Bonchev–Trinajstić information content (AvgIpc) is 2.82. The van der Waals surface area contributed by atoms with E-state index in [2.05, 4.69) is 9.97 Å². The summed E-state index contributed by atoms with van der Waals surface area (Å²) < 4.78 is 29.9. The first-order valence-corrected chi connectivity index (χ1v) is 11.0. The van der Waals surface area contributed by atoms with Crippen LogP contribution in [-0.2, 0) is 11.3 Å². The maximum Gasteiger partial charge on any atom is 0.162 e. The minimum Gasteiger partial charge on any atom is -0.491 e. The Morgan fingerprint density at radius 3 is 2.56 bits per heavy atom. The van der Waals surface area contributed by atoms with E-state index in [9.17, 15) is 4.39 Å². The molecule has 3 aromatic carbocycles. The largest absolute Gasteiger partial charge is 0.491 e. The third kappa shape index (κ3) is 5.47. The molecule has 1 heterocycles. The van der Waals surface area contributed by atoms with Crippen LogP contribution in [0.5, 0.6) is 11.5 Å². The van der Waals surface area contributed by atoms with Crippen LogP contribution in [0.1, 0.15) is 12.0 Å². The number of ether oxygens (including phenoxy) is 3. The monoisotopic (exact) mass is 482 g/mol. The van der Waals surface area contributed by atoms with Crippen LogP contribution >= 0.6 is 11.6 Å². The third-order valence-electron chi connectivity index (χ3n) is 5.08. The molecule has 9 heteroatoms. The number of methoxy groups -OCH3 is 1. The van der Waals surface area contributed by atoms with Crippen molar-refractivity contribution in [1.29, 1.82) is 0 Å². The molecule has 0 saturated heterocycles. The second-order valence-electron chi connectivity index (χ2n) is 7.60. The van der Waals surface area contributed by atoms with E-state index in [4.69, 9.17) is 37.3 Å². The van der Waals surface area contributed by atoms with Crippen LogP contribution in [-0.4, -0.2) is 30.3 Å². The number of rotatable bonds is 9. The second kappa shape index (κ2) is 10.5. The highest BCUT2D eigenvalue weighted by Crippen LogP contribution is 2.34. The molecule has 0 spiro atoms. The van der Waals surface area contributed by atoms with Crippen molar-refractivity contribution >= 4 is 34.0 Å². The topological polar surface area (TPSA) is 106 Å². The van der Waals surface area contributed by atoms with Gasteiger partial charge in [-0.1, -0.05) is 23.7 Å². The first-order valence-electron chi connectivity index (χ1n) is 10.6. The van der Waals surface area contributed by atoms with Crippen LogP contribution in [0.15, 0.2) is 54.6 Å². The highest BCUT2D eigenvalue weighted by molar-refractivity contribution is 6.32. The second-order valence-corrected chi connectivity index (χ2v) is 8.01. The summed E-state index contributed by atoms with van der Waals surface area (Å²) in [6.07, 6.45) is 0.733. The number of nitrogens with zero attached hydrogens (tertiary/aromatic N) is 2. The highest BCUT2D eigenvalue weighted by Gasteiger charge is 2.13. The predicted molar refractivity (Wildman–Crippen MR) is 132 cm³/mol. The molecule has 4 N–H and O–H groups in total. The SMILES string of the molecule is COCCCOc1cc2nc(-c3ccc(OCc4cccc(F)c4)c(Cl)c3)nc(N)c2cc1N.